The van der Waals surface area contributed by atoms with Crippen molar-refractivity contribution in [2.45, 2.75) is 18.2 Å². The molecule has 1 aromatic carbocycles. The van der Waals surface area contributed by atoms with Crippen LogP contribution in [0, 0.1) is 0 Å². The molecule has 0 spiro atoms. The molecule has 0 unspecified atom stereocenters. The summed E-state index contributed by atoms with van der Waals surface area (Å²) in [5, 5.41) is 0. The summed E-state index contributed by atoms with van der Waals surface area (Å²) in [7, 11) is -2.29. The van der Waals surface area contributed by atoms with Crippen LogP contribution in [-0.4, -0.2) is 47.6 Å². The van der Waals surface area contributed by atoms with Crippen molar-refractivity contribution in [2.75, 3.05) is 20.2 Å². The molecule has 0 saturated heterocycles. The average molecular weight is 329 g/mol. The van der Waals surface area contributed by atoms with E-state index in [9.17, 15) is 13.2 Å². The summed E-state index contributed by atoms with van der Waals surface area (Å²) in [5.74, 6) is -0.423. The van der Waals surface area contributed by atoms with Crippen LogP contribution in [0.3, 0.4) is 0 Å². The van der Waals surface area contributed by atoms with Crippen LogP contribution >= 0.6 is 11.7 Å². The number of hydrogen-bond donors (Lipinski definition) is 0. The van der Waals surface area contributed by atoms with Crippen LogP contribution < -0.4 is 0 Å². The van der Waals surface area contributed by atoms with Gasteiger partial charge in [-0.05, 0) is 19.1 Å². The standard InChI is InChI=1S/C12H15N3O4S2/c1-3-19-11(16)7-8-15(2)21(17,18)10-6-4-5-9-12(10)14-20-13-9/h4-6H,3,7-8H2,1-2H3. The first-order valence-electron chi connectivity index (χ1n) is 6.30. The number of carbonyl (C=O) groups is 1. The van der Waals surface area contributed by atoms with Crippen molar-refractivity contribution in [3.63, 3.8) is 0 Å². The minimum Gasteiger partial charge on any atom is -0.466 e. The number of sulfonamides is 1. The fourth-order valence-corrected chi connectivity index (χ4v) is 3.68. The fourth-order valence-electron chi connectivity index (χ4n) is 1.76. The third kappa shape index (κ3) is 3.36. The summed E-state index contributed by atoms with van der Waals surface area (Å²) in [6, 6.07) is 4.81. The van der Waals surface area contributed by atoms with Gasteiger partial charge in [-0.3, -0.25) is 4.79 Å². The number of rotatable bonds is 6. The molecule has 0 aliphatic rings. The smallest absolute Gasteiger partial charge is 0.307 e. The molecule has 0 amide bonds. The van der Waals surface area contributed by atoms with Gasteiger partial charge in [0.05, 0.1) is 24.8 Å². The first-order valence-corrected chi connectivity index (χ1v) is 8.47. The summed E-state index contributed by atoms with van der Waals surface area (Å²) >= 11 is 0.963. The molecule has 114 valence electrons. The number of fused-ring (bicyclic) bond motifs is 1. The lowest BCUT2D eigenvalue weighted by Crippen LogP contribution is -2.29. The van der Waals surface area contributed by atoms with Crippen LogP contribution in [0.2, 0.25) is 0 Å². The predicted molar refractivity (Wildman–Crippen MR) is 78.5 cm³/mol. The predicted octanol–water partition coefficient (Wildman–Crippen LogP) is 1.27. The van der Waals surface area contributed by atoms with Crippen molar-refractivity contribution in [3.8, 4) is 0 Å². The second-order valence-corrected chi connectivity index (χ2v) is 6.81. The van der Waals surface area contributed by atoms with E-state index in [0.29, 0.717) is 11.0 Å². The Morgan fingerprint density at radius 1 is 1.38 bits per heavy atom. The molecular formula is C12H15N3O4S2. The van der Waals surface area contributed by atoms with Gasteiger partial charge in [0.2, 0.25) is 10.0 Å². The second-order valence-electron chi connectivity index (χ2n) is 4.27. The Labute approximate surface area is 126 Å². The van der Waals surface area contributed by atoms with E-state index in [4.69, 9.17) is 4.74 Å². The van der Waals surface area contributed by atoms with E-state index in [1.54, 1.807) is 19.1 Å². The molecule has 0 aliphatic carbocycles. The van der Waals surface area contributed by atoms with E-state index in [1.165, 1.54) is 13.1 Å². The number of carbonyl (C=O) groups excluding carboxylic acids is 1. The largest absolute Gasteiger partial charge is 0.466 e. The van der Waals surface area contributed by atoms with Gasteiger partial charge in [0.25, 0.3) is 0 Å². The van der Waals surface area contributed by atoms with E-state index in [0.717, 1.165) is 16.0 Å². The van der Waals surface area contributed by atoms with Crippen molar-refractivity contribution >= 4 is 38.8 Å². The van der Waals surface area contributed by atoms with Crippen LogP contribution in [0.5, 0.6) is 0 Å². The molecule has 0 radical (unpaired) electrons. The molecule has 0 saturated carbocycles. The third-order valence-electron chi connectivity index (χ3n) is 2.87. The minimum atomic E-state index is -3.72. The molecule has 2 rings (SSSR count). The monoisotopic (exact) mass is 329 g/mol. The van der Waals surface area contributed by atoms with Gasteiger partial charge in [-0.2, -0.15) is 8.75 Å². The zero-order valence-electron chi connectivity index (χ0n) is 11.6. The third-order valence-corrected chi connectivity index (χ3v) is 5.30. The number of aromatic nitrogens is 2. The summed E-state index contributed by atoms with van der Waals surface area (Å²) in [5.41, 5.74) is 0.894. The molecule has 2 aromatic rings. The van der Waals surface area contributed by atoms with Crippen molar-refractivity contribution in [1.29, 1.82) is 0 Å². The van der Waals surface area contributed by atoms with Gasteiger partial charge in [-0.15, -0.1) is 0 Å². The summed E-state index contributed by atoms with van der Waals surface area (Å²) in [4.78, 5) is 11.4. The van der Waals surface area contributed by atoms with Gasteiger partial charge in [0, 0.05) is 13.6 Å². The van der Waals surface area contributed by atoms with E-state index in [-0.39, 0.29) is 24.5 Å². The Hall–Kier alpha value is -1.58. The highest BCUT2D eigenvalue weighted by Gasteiger charge is 2.25. The molecule has 1 aromatic heterocycles. The summed E-state index contributed by atoms with van der Waals surface area (Å²) in [6.07, 6.45) is 0.00879. The normalized spacial score (nSPS) is 12.0. The van der Waals surface area contributed by atoms with Gasteiger partial charge < -0.3 is 4.74 Å². The lowest BCUT2D eigenvalue weighted by molar-refractivity contribution is -0.143. The first-order chi connectivity index (χ1) is 9.96. The van der Waals surface area contributed by atoms with Gasteiger partial charge >= 0.3 is 5.97 Å². The van der Waals surface area contributed by atoms with Gasteiger partial charge in [0.15, 0.2) is 0 Å². The molecule has 0 atom stereocenters. The SMILES string of the molecule is CCOC(=O)CCN(C)S(=O)(=O)c1cccc2nsnc12. The Bertz CT molecular complexity index is 742. The highest BCUT2D eigenvalue weighted by Crippen LogP contribution is 2.23. The molecule has 0 N–H and O–H groups in total. The number of hydrogen-bond acceptors (Lipinski definition) is 7. The van der Waals surface area contributed by atoms with Crippen LogP contribution in [0.15, 0.2) is 23.1 Å². The molecule has 9 heteroatoms. The van der Waals surface area contributed by atoms with Crippen molar-refractivity contribution in [3.05, 3.63) is 18.2 Å². The zero-order valence-corrected chi connectivity index (χ0v) is 13.3. The maximum absolute atomic E-state index is 12.5. The maximum Gasteiger partial charge on any atom is 0.307 e. The first kappa shape index (κ1) is 15.8. The van der Waals surface area contributed by atoms with Crippen molar-refractivity contribution in [1.82, 2.24) is 13.1 Å². The lowest BCUT2D eigenvalue weighted by Gasteiger charge is -2.16. The molecule has 7 nitrogen and oxygen atoms in total. The van der Waals surface area contributed by atoms with Gasteiger partial charge in [-0.1, -0.05) is 6.07 Å². The molecule has 0 fully saturated rings. The van der Waals surface area contributed by atoms with E-state index in [1.807, 2.05) is 0 Å². The molecule has 0 bridgehead atoms. The number of nitrogens with zero attached hydrogens (tertiary/aromatic N) is 3. The highest BCUT2D eigenvalue weighted by molar-refractivity contribution is 7.89. The van der Waals surface area contributed by atoms with Gasteiger partial charge in [-0.25, -0.2) is 12.7 Å². The molecule has 1 heterocycles. The fraction of sp³-hybridized carbons (Fsp3) is 0.417. The van der Waals surface area contributed by atoms with Crippen LogP contribution in [0.4, 0.5) is 0 Å². The van der Waals surface area contributed by atoms with E-state index in [2.05, 4.69) is 8.75 Å². The van der Waals surface area contributed by atoms with Crippen LogP contribution in [-0.2, 0) is 19.6 Å². The Morgan fingerprint density at radius 2 is 2.14 bits per heavy atom. The Balaban J connectivity index is 2.21. The van der Waals surface area contributed by atoms with Crippen molar-refractivity contribution < 1.29 is 17.9 Å². The Kier molecular flexibility index (Phi) is 4.86. The lowest BCUT2D eigenvalue weighted by atomic mass is 10.3. The number of esters is 1. The molecule has 0 aliphatic heterocycles. The summed E-state index contributed by atoms with van der Waals surface area (Å²) < 4.78 is 39.0. The van der Waals surface area contributed by atoms with E-state index < -0.39 is 16.0 Å². The average Bonchev–Trinajstić information content (AvgIpc) is 2.93. The van der Waals surface area contributed by atoms with Crippen LogP contribution in [0.25, 0.3) is 11.0 Å². The minimum absolute atomic E-state index is 0.00879. The van der Waals surface area contributed by atoms with Gasteiger partial charge in [0.1, 0.15) is 15.9 Å². The maximum atomic E-state index is 12.5. The topological polar surface area (TPSA) is 89.5 Å². The zero-order chi connectivity index (χ0) is 15.5. The highest BCUT2D eigenvalue weighted by atomic mass is 32.2. The van der Waals surface area contributed by atoms with E-state index >= 15 is 0 Å². The summed E-state index contributed by atoms with van der Waals surface area (Å²) in [6.45, 7) is 2.03. The molecular weight excluding hydrogens is 314 g/mol. The second kappa shape index (κ2) is 6.46. The quantitative estimate of drug-likeness (QED) is 0.741. The molecule has 21 heavy (non-hydrogen) atoms. The Morgan fingerprint density at radius 3 is 2.86 bits per heavy atom. The van der Waals surface area contributed by atoms with Crippen molar-refractivity contribution in [2.24, 2.45) is 0 Å². The number of benzene rings is 1. The number of ether oxygens (including phenoxy) is 1. The van der Waals surface area contributed by atoms with Crippen LogP contribution in [0.1, 0.15) is 13.3 Å².